The molecule has 0 spiro atoms. The summed E-state index contributed by atoms with van der Waals surface area (Å²) in [6, 6.07) is 13.8. The maximum Gasteiger partial charge on any atom is 0.248 e. The second-order valence-electron chi connectivity index (χ2n) is 6.86. The molecule has 3 aromatic rings. The largest absolute Gasteiger partial charge is 0.437 e. The number of hydrogen-bond acceptors (Lipinski definition) is 6. The number of oxazole rings is 1. The van der Waals surface area contributed by atoms with E-state index in [1.807, 2.05) is 36.4 Å². The smallest absolute Gasteiger partial charge is 0.248 e. The van der Waals surface area contributed by atoms with Gasteiger partial charge in [0.25, 0.3) is 0 Å². The summed E-state index contributed by atoms with van der Waals surface area (Å²) in [5.74, 6) is -0.318. The van der Waals surface area contributed by atoms with Crippen LogP contribution in [0.5, 0.6) is 0 Å². The van der Waals surface area contributed by atoms with Crippen LogP contribution < -0.4 is 3.71 Å². The predicted molar refractivity (Wildman–Crippen MR) is 130 cm³/mol. The Morgan fingerprint density at radius 3 is 2.09 bits per heavy atom. The maximum absolute atomic E-state index is 12.9. The van der Waals surface area contributed by atoms with E-state index in [1.54, 1.807) is 6.08 Å². The molecule has 0 aliphatic rings. The third-order valence-corrected chi connectivity index (χ3v) is 9.33. The summed E-state index contributed by atoms with van der Waals surface area (Å²) in [5, 5.41) is 0. The molecule has 0 aliphatic carbocycles. The number of benzene rings is 2. The van der Waals surface area contributed by atoms with Crippen LogP contribution >= 0.6 is 23.2 Å². The van der Waals surface area contributed by atoms with Gasteiger partial charge in [0.15, 0.2) is 5.58 Å². The molecule has 0 saturated heterocycles. The number of halogens is 2. The van der Waals surface area contributed by atoms with Crippen molar-refractivity contribution in [1.82, 2.24) is 4.98 Å². The molecule has 0 bridgehead atoms. The van der Waals surface area contributed by atoms with Crippen LogP contribution in [-0.4, -0.2) is 45.1 Å². The summed E-state index contributed by atoms with van der Waals surface area (Å²) in [5.41, 5.74) is 1.66. The van der Waals surface area contributed by atoms with E-state index in [0.29, 0.717) is 20.7 Å². The molecular weight excluding hydrogens is 495 g/mol. The van der Waals surface area contributed by atoms with E-state index < -0.39 is 31.6 Å². The van der Waals surface area contributed by atoms with Crippen molar-refractivity contribution in [3.05, 3.63) is 60.0 Å². The highest BCUT2D eigenvalue weighted by Crippen LogP contribution is 2.28. The molecule has 11 heteroatoms. The Kier molecular flexibility index (Phi) is 8.21. The van der Waals surface area contributed by atoms with Crippen molar-refractivity contribution in [3.63, 3.8) is 0 Å². The standard InChI is InChI=1S/C21H22Cl2N2O5S2/c22-12-4-14-31(26,27)25(32(28,29)15-5-13-23)18-9-10-20-19(16-18)24-21(30-20)11-8-17-6-2-1-3-7-17/h1-3,6-11,16H,4-5,12-15H2. The van der Waals surface area contributed by atoms with Gasteiger partial charge in [0.2, 0.25) is 25.9 Å². The number of fused-ring (bicyclic) bond motifs is 1. The van der Waals surface area contributed by atoms with Gasteiger partial charge >= 0.3 is 0 Å². The first-order valence-corrected chi connectivity index (χ1v) is 14.1. The van der Waals surface area contributed by atoms with Crippen molar-refractivity contribution >= 4 is 72.2 Å². The number of aromatic nitrogens is 1. The minimum absolute atomic E-state index is 0.0338. The summed E-state index contributed by atoms with van der Waals surface area (Å²) in [6.07, 6.45) is 3.74. The molecule has 3 rings (SSSR count). The van der Waals surface area contributed by atoms with E-state index in [1.165, 1.54) is 18.2 Å². The van der Waals surface area contributed by atoms with Gasteiger partial charge in [-0.3, -0.25) is 0 Å². The molecule has 0 fully saturated rings. The van der Waals surface area contributed by atoms with Gasteiger partial charge in [-0.05, 0) is 42.7 Å². The first-order valence-electron chi connectivity index (χ1n) is 9.78. The quantitative estimate of drug-likeness (QED) is 0.342. The van der Waals surface area contributed by atoms with E-state index in [9.17, 15) is 16.8 Å². The van der Waals surface area contributed by atoms with Crippen LogP contribution in [0.25, 0.3) is 23.3 Å². The molecule has 0 N–H and O–H groups in total. The Morgan fingerprint density at radius 2 is 1.50 bits per heavy atom. The minimum Gasteiger partial charge on any atom is -0.437 e. The number of alkyl halides is 2. The van der Waals surface area contributed by atoms with Gasteiger partial charge in [-0.1, -0.05) is 30.3 Å². The summed E-state index contributed by atoms with van der Waals surface area (Å²) < 4.78 is 57.7. The van der Waals surface area contributed by atoms with E-state index in [0.717, 1.165) is 5.56 Å². The lowest BCUT2D eigenvalue weighted by Crippen LogP contribution is -2.40. The average Bonchev–Trinajstić information content (AvgIpc) is 3.17. The fraction of sp³-hybridized carbons (Fsp3) is 0.286. The fourth-order valence-electron chi connectivity index (χ4n) is 2.98. The molecule has 1 aromatic heterocycles. The second-order valence-corrected chi connectivity index (χ2v) is 11.7. The van der Waals surface area contributed by atoms with Crippen LogP contribution in [0.3, 0.4) is 0 Å². The fourth-order valence-corrected chi connectivity index (χ4v) is 7.62. The molecule has 0 amide bonds. The Hall–Kier alpha value is -2.07. The van der Waals surface area contributed by atoms with Crippen molar-refractivity contribution in [2.75, 3.05) is 27.0 Å². The highest BCUT2D eigenvalue weighted by atomic mass is 35.5. The van der Waals surface area contributed by atoms with Crippen molar-refractivity contribution < 1.29 is 21.3 Å². The van der Waals surface area contributed by atoms with Gasteiger partial charge in [-0.25, -0.2) is 21.8 Å². The Balaban J connectivity index is 2.00. The van der Waals surface area contributed by atoms with Gasteiger partial charge in [-0.2, -0.15) is 3.71 Å². The van der Waals surface area contributed by atoms with E-state index in [2.05, 4.69) is 4.98 Å². The van der Waals surface area contributed by atoms with Crippen LogP contribution in [-0.2, 0) is 20.0 Å². The van der Waals surface area contributed by atoms with Gasteiger partial charge in [0.1, 0.15) is 5.52 Å². The van der Waals surface area contributed by atoms with Crippen molar-refractivity contribution in [3.8, 4) is 0 Å². The van der Waals surface area contributed by atoms with Crippen molar-refractivity contribution in [2.45, 2.75) is 12.8 Å². The summed E-state index contributed by atoms with van der Waals surface area (Å²) in [4.78, 5) is 4.35. The molecule has 7 nitrogen and oxygen atoms in total. The first kappa shape index (κ1) is 24.6. The second kappa shape index (κ2) is 10.7. The van der Waals surface area contributed by atoms with E-state index in [4.69, 9.17) is 27.6 Å². The van der Waals surface area contributed by atoms with Gasteiger partial charge in [0, 0.05) is 17.8 Å². The van der Waals surface area contributed by atoms with Gasteiger partial charge in [0.05, 0.1) is 17.2 Å². The zero-order valence-electron chi connectivity index (χ0n) is 17.0. The third-order valence-electron chi connectivity index (χ3n) is 4.39. The van der Waals surface area contributed by atoms with E-state index >= 15 is 0 Å². The Bertz CT molecular complexity index is 1250. The van der Waals surface area contributed by atoms with E-state index in [-0.39, 0.29) is 30.3 Å². The zero-order valence-corrected chi connectivity index (χ0v) is 20.2. The number of sulfonamides is 2. The molecule has 2 aromatic carbocycles. The third kappa shape index (κ3) is 6.04. The molecular formula is C21H22Cl2N2O5S2. The minimum atomic E-state index is -4.19. The molecule has 0 aliphatic heterocycles. The first-order chi connectivity index (χ1) is 15.3. The van der Waals surface area contributed by atoms with Crippen LogP contribution in [0, 0.1) is 0 Å². The van der Waals surface area contributed by atoms with Crippen LogP contribution in [0.15, 0.2) is 52.9 Å². The number of nitrogens with zero attached hydrogens (tertiary/aromatic N) is 2. The van der Waals surface area contributed by atoms with Crippen LogP contribution in [0.1, 0.15) is 24.3 Å². The lowest BCUT2D eigenvalue weighted by atomic mass is 10.2. The Morgan fingerprint density at radius 1 is 0.875 bits per heavy atom. The topological polar surface area (TPSA) is 97.6 Å². The summed E-state index contributed by atoms with van der Waals surface area (Å²) in [7, 11) is -8.38. The Labute approximate surface area is 197 Å². The molecule has 32 heavy (non-hydrogen) atoms. The number of rotatable bonds is 11. The number of anilines is 1. The highest BCUT2D eigenvalue weighted by Gasteiger charge is 2.33. The summed E-state index contributed by atoms with van der Waals surface area (Å²) in [6.45, 7) is 0. The highest BCUT2D eigenvalue weighted by molar-refractivity contribution is 8.10. The zero-order chi connectivity index (χ0) is 23.2. The lowest BCUT2D eigenvalue weighted by molar-refractivity contribution is 0.582. The van der Waals surface area contributed by atoms with Gasteiger partial charge in [-0.15, -0.1) is 23.2 Å². The maximum atomic E-state index is 12.9. The molecule has 0 atom stereocenters. The van der Waals surface area contributed by atoms with Crippen molar-refractivity contribution in [2.24, 2.45) is 0 Å². The molecule has 1 heterocycles. The van der Waals surface area contributed by atoms with Crippen LogP contribution in [0.4, 0.5) is 5.69 Å². The van der Waals surface area contributed by atoms with Gasteiger partial charge < -0.3 is 4.42 Å². The summed E-state index contributed by atoms with van der Waals surface area (Å²) >= 11 is 11.3. The predicted octanol–water partition coefficient (Wildman–Crippen LogP) is 4.72. The molecule has 0 saturated carbocycles. The molecule has 0 unspecified atom stereocenters. The van der Waals surface area contributed by atoms with Crippen molar-refractivity contribution in [1.29, 1.82) is 0 Å². The lowest BCUT2D eigenvalue weighted by Gasteiger charge is -2.23. The van der Waals surface area contributed by atoms with Crippen LogP contribution in [0.2, 0.25) is 0 Å². The molecule has 172 valence electrons. The SMILES string of the molecule is O=S(=O)(CCCCl)N(c1ccc2oc(C=Cc3ccccc3)nc2c1)S(=O)(=O)CCCCl. The average molecular weight is 517 g/mol. The molecule has 0 radical (unpaired) electrons. The monoisotopic (exact) mass is 516 g/mol. The number of hydrogen-bond donors (Lipinski definition) is 0. The normalized spacial score (nSPS) is 12.6.